The van der Waals surface area contributed by atoms with Crippen LogP contribution in [0.1, 0.15) is 128 Å². The molecule has 15 heteroatoms. The van der Waals surface area contributed by atoms with E-state index in [0.717, 1.165) is 57.8 Å². The number of benzene rings is 1. The predicted octanol–water partition coefficient (Wildman–Crippen LogP) is 4.57. The smallest absolute Gasteiger partial charge is 0.323 e. The number of hydrogen-bond donors (Lipinski definition) is 7. The maximum atomic E-state index is 13.6. The van der Waals surface area contributed by atoms with Crippen LogP contribution in [0.3, 0.4) is 0 Å². The molecule has 0 aliphatic heterocycles. The van der Waals surface area contributed by atoms with Crippen LogP contribution in [-0.4, -0.2) is 103 Å². The number of primary amides is 1. The molecule has 3 amide bonds. The van der Waals surface area contributed by atoms with Crippen molar-refractivity contribution in [2.24, 2.45) is 51.9 Å². The van der Waals surface area contributed by atoms with Gasteiger partial charge in [0.1, 0.15) is 30.1 Å². The Morgan fingerprint density at radius 1 is 0.933 bits per heavy atom. The molecule has 0 aromatic heterocycles. The summed E-state index contributed by atoms with van der Waals surface area (Å²) < 4.78 is 22.1. The van der Waals surface area contributed by atoms with Crippen molar-refractivity contribution in [3.8, 4) is 11.5 Å². The molecule has 0 spiro atoms. The van der Waals surface area contributed by atoms with E-state index in [9.17, 15) is 34.5 Å². The Labute approximate surface area is 355 Å². The number of anilines is 1. The van der Waals surface area contributed by atoms with Gasteiger partial charge in [0.2, 0.25) is 11.8 Å². The van der Waals surface area contributed by atoms with Gasteiger partial charge in [0, 0.05) is 12.5 Å². The molecule has 4 aliphatic rings. The summed E-state index contributed by atoms with van der Waals surface area (Å²) >= 11 is 0. The van der Waals surface area contributed by atoms with Gasteiger partial charge >= 0.3 is 5.97 Å². The summed E-state index contributed by atoms with van der Waals surface area (Å²) in [7, 11) is 1.32. The fraction of sp³-hybridized carbons (Fsp3) is 0.778. The number of nitrogens with two attached hydrogens (primary N) is 2. The van der Waals surface area contributed by atoms with Gasteiger partial charge in [0.25, 0.3) is 5.91 Å². The molecule has 11 atom stereocenters. The van der Waals surface area contributed by atoms with E-state index in [0.29, 0.717) is 30.6 Å². The van der Waals surface area contributed by atoms with Crippen LogP contribution < -0.4 is 26.8 Å². The van der Waals surface area contributed by atoms with E-state index >= 15 is 0 Å². The summed E-state index contributed by atoms with van der Waals surface area (Å²) in [6, 6.07) is 1.61. The van der Waals surface area contributed by atoms with E-state index in [1.165, 1.54) is 32.1 Å². The van der Waals surface area contributed by atoms with Crippen LogP contribution in [0.15, 0.2) is 12.1 Å². The number of ether oxygens (including phenoxy) is 4. The van der Waals surface area contributed by atoms with Crippen LogP contribution in [0.4, 0.5) is 5.69 Å². The summed E-state index contributed by atoms with van der Waals surface area (Å²) in [6.07, 6.45) is 11.4. The van der Waals surface area contributed by atoms with Gasteiger partial charge in [-0.05, 0) is 111 Å². The quantitative estimate of drug-likeness (QED) is 0.0512. The van der Waals surface area contributed by atoms with Crippen molar-refractivity contribution in [1.82, 2.24) is 5.32 Å². The lowest BCUT2D eigenvalue weighted by Crippen LogP contribution is -2.60. The van der Waals surface area contributed by atoms with Gasteiger partial charge in [-0.1, -0.05) is 46.5 Å². The number of methoxy groups -OCH3 is 1. The summed E-state index contributed by atoms with van der Waals surface area (Å²) in [5, 5.41) is 38.2. The second kappa shape index (κ2) is 20.6. The number of hydrogen-bond acceptors (Lipinski definition) is 12. The maximum absolute atomic E-state index is 13.6. The van der Waals surface area contributed by atoms with Crippen molar-refractivity contribution >= 4 is 29.4 Å². The van der Waals surface area contributed by atoms with Gasteiger partial charge in [0.15, 0.2) is 5.75 Å². The van der Waals surface area contributed by atoms with E-state index in [-0.39, 0.29) is 79.1 Å². The molecule has 338 valence electrons. The molecule has 15 nitrogen and oxygen atoms in total. The number of amides is 3. The number of aliphatic hydroxyl groups is 2. The number of phenols is 1. The van der Waals surface area contributed by atoms with Crippen LogP contribution in [0, 0.1) is 40.4 Å². The SMILES string of the molecule is CCCCCC[C@](C)(O)[C@H]1CC[C@H]2[C@@H]3C[C@H](OC(=O)[C@@H](N)CC(=O)NCCOCCOCC(=O)Nc4ccc(OC)c(C(N)=O)c4O)[C@H]4C[C@@H](O)CC[C@]4(C)[C@H]3CC[C@@]21C. The molecule has 1 aromatic carbocycles. The summed E-state index contributed by atoms with van der Waals surface area (Å²) in [6.45, 7) is 9.18. The zero-order valence-electron chi connectivity index (χ0n) is 36.5. The molecule has 0 bridgehead atoms. The average Bonchev–Trinajstić information content (AvgIpc) is 3.57. The van der Waals surface area contributed by atoms with Crippen molar-refractivity contribution in [2.75, 3.05) is 45.4 Å². The van der Waals surface area contributed by atoms with Gasteiger partial charge in [-0.3, -0.25) is 19.2 Å². The molecule has 0 radical (unpaired) electrons. The Kier molecular flexibility index (Phi) is 16.3. The molecular formula is C45H72N4O11. The minimum atomic E-state index is -1.15. The highest BCUT2D eigenvalue weighted by molar-refractivity contribution is 6.02. The highest BCUT2D eigenvalue weighted by Crippen LogP contribution is 2.69. The fourth-order valence-electron chi connectivity index (χ4n) is 12.0. The molecule has 4 fully saturated rings. The van der Waals surface area contributed by atoms with E-state index in [2.05, 4.69) is 38.3 Å². The van der Waals surface area contributed by atoms with Crippen molar-refractivity contribution in [2.45, 2.75) is 141 Å². The van der Waals surface area contributed by atoms with Gasteiger partial charge < -0.3 is 56.4 Å². The van der Waals surface area contributed by atoms with Crippen molar-refractivity contribution in [3.05, 3.63) is 17.7 Å². The number of aromatic hydroxyl groups is 1. The molecule has 4 saturated carbocycles. The summed E-state index contributed by atoms with van der Waals surface area (Å²) in [5.41, 5.74) is 10.5. The molecular weight excluding hydrogens is 773 g/mol. The standard InChI is InChI=1S/C45H72N4O11/c1-6-7-8-9-16-45(4,56)36-13-10-29-28-24-35(31-23-27(50)14-17-43(31,2)30(28)15-18-44(29,36)3)60-42(55)32(46)25-37(51)48-19-20-58-21-22-59-26-38(52)49-33-11-12-34(57-5)39(40(33)53)41(47)54/h11-12,27-32,35-36,50,53,56H,6-10,13-26,46H2,1-5H3,(H2,47,54)(H,48,51)(H,49,52)/t27-,28-,29-,30-,31+,32-,35-,36-,43+,44-,45-/m0/s1. The van der Waals surface area contributed by atoms with E-state index in [1.807, 2.05) is 0 Å². The first-order valence-corrected chi connectivity index (χ1v) is 22.2. The van der Waals surface area contributed by atoms with E-state index in [1.54, 1.807) is 0 Å². The summed E-state index contributed by atoms with van der Waals surface area (Å²) in [4.78, 5) is 50.3. The normalized spacial score (nSPS) is 31.1. The number of aliphatic hydroxyl groups excluding tert-OH is 1. The Bertz CT molecular complexity index is 1660. The van der Waals surface area contributed by atoms with Gasteiger partial charge in [-0.2, -0.15) is 0 Å². The summed E-state index contributed by atoms with van der Waals surface area (Å²) in [5.74, 6) is -1.51. The first-order valence-electron chi connectivity index (χ1n) is 22.2. The van der Waals surface area contributed by atoms with Crippen LogP contribution in [0.2, 0.25) is 0 Å². The largest absolute Gasteiger partial charge is 0.505 e. The average molecular weight is 845 g/mol. The lowest BCUT2D eigenvalue weighted by atomic mass is 9.43. The van der Waals surface area contributed by atoms with E-state index in [4.69, 9.17) is 30.4 Å². The number of unbranched alkanes of at least 4 members (excludes halogenated alkanes) is 3. The Morgan fingerprint density at radius 2 is 1.65 bits per heavy atom. The van der Waals surface area contributed by atoms with Crippen LogP contribution >= 0.6 is 0 Å². The number of nitrogens with one attached hydrogen (secondary N) is 2. The van der Waals surface area contributed by atoms with Crippen molar-refractivity contribution in [3.63, 3.8) is 0 Å². The molecule has 4 aliphatic carbocycles. The van der Waals surface area contributed by atoms with E-state index < -0.39 is 53.3 Å². The lowest BCUT2D eigenvalue weighted by Gasteiger charge is -2.63. The number of carbonyl (C=O) groups excluding carboxylic acids is 4. The maximum Gasteiger partial charge on any atom is 0.323 e. The molecule has 1 aromatic rings. The number of carbonyl (C=O) groups is 4. The number of fused-ring (bicyclic) bond motifs is 5. The van der Waals surface area contributed by atoms with Crippen molar-refractivity contribution in [1.29, 1.82) is 0 Å². The second-order valence-corrected chi connectivity index (χ2v) is 18.7. The Morgan fingerprint density at radius 3 is 2.37 bits per heavy atom. The minimum Gasteiger partial charge on any atom is -0.505 e. The third-order valence-electron chi connectivity index (χ3n) is 14.9. The van der Waals surface area contributed by atoms with Gasteiger partial charge in [-0.15, -0.1) is 0 Å². The van der Waals surface area contributed by atoms with Crippen LogP contribution in [-0.2, 0) is 28.6 Å². The molecule has 0 saturated heterocycles. The first kappa shape index (κ1) is 47.5. The number of esters is 1. The lowest BCUT2D eigenvalue weighted by molar-refractivity contribution is -0.198. The monoisotopic (exact) mass is 845 g/mol. The third kappa shape index (κ3) is 10.7. The highest BCUT2D eigenvalue weighted by atomic mass is 16.5. The van der Waals surface area contributed by atoms with Crippen LogP contribution in [0.5, 0.6) is 11.5 Å². The predicted molar refractivity (Wildman–Crippen MR) is 225 cm³/mol. The fourth-order valence-corrected chi connectivity index (χ4v) is 12.0. The van der Waals surface area contributed by atoms with Gasteiger partial charge in [0.05, 0.1) is 50.7 Å². The third-order valence-corrected chi connectivity index (χ3v) is 14.9. The van der Waals surface area contributed by atoms with Gasteiger partial charge in [-0.25, -0.2) is 0 Å². The molecule has 5 rings (SSSR count). The Balaban J connectivity index is 1.06. The zero-order valence-corrected chi connectivity index (χ0v) is 36.5. The highest BCUT2D eigenvalue weighted by Gasteiger charge is 2.64. The second-order valence-electron chi connectivity index (χ2n) is 18.7. The molecule has 60 heavy (non-hydrogen) atoms. The number of rotatable bonds is 21. The Hall–Kier alpha value is -3.50. The topological polar surface area (TPSA) is 242 Å². The molecule has 0 unspecified atom stereocenters. The minimum absolute atomic E-state index is 0.00425. The van der Waals surface area contributed by atoms with Crippen LogP contribution in [0.25, 0.3) is 0 Å². The molecule has 0 heterocycles. The zero-order chi connectivity index (χ0) is 43.8. The first-order chi connectivity index (χ1) is 28.5. The van der Waals surface area contributed by atoms with Crippen molar-refractivity contribution < 1.29 is 53.4 Å². The molecule has 9 N–H and O–H groups in total.